The number of thioether (sulfide) groups is 1. The maximum absolute atomic E-state index is 11.2. The van der Waals surface area contributed by atoms with E-state index < -0.39 is 5.97 Å². The van der Waals surface area contributed by atoms with Crippen LogP contribution in [-0.4, -0.2) is 49.5 Å². The Morgan fingerprint density at radius 3 is 2.94 bits per heavy atom. The predicted octanol–water partition coefficient (Wildman–Crippen LogP) is -1.01. The monoisotopic (exact) mass is 245 g/mol. The second-order valence-electron chi connectivity index (χ2n) is 2.76. The molecule has 0 saturated carbocycles. The maximum atomic E-state index is 11.2. The number of aromatic nitrogens is 4. The lowest BCUT2D eigenvalue weighted by atomic mass is 10.5. The summed E-state index contributed by atoms with van der Waals surface area (Å²) < 4.78 is 1.26. The number of carboxylic acids is 1. The fourth-order valence-corrected chi connectivity index (χ4v) is 1.51. The Kier molecular flexibility index (Phi) is 4.70. The summed E-state index contributed by atoms with van der Waals surface area (Å²) in [6.07, 6.45) is 0. The van der Waals surface area contributed by atoms with Crippen molar-refractivity contribution in [3.05, 3.63) is 0 Å². The lowest BCUT2D eigenvalue weighted by Crippen LogP contribution is -2.28. The largest absolute Gasteiger partial charge is 0.481 e. The molecule has 0 unspecified atom stereocenters. The Morgan fingerprint density at radius 1 is 1.56 bits per heavy atom. The van der Waals surface area contributed by atoms with Crippen molar-refractivity contribution in [2.24, 2.45) is 0 Å². The summed E-state index contributed by atoms with van der Waals surface area (Å²) in [5, 5.41) is 22.0. The fourth-order valence-electron chi connectivity index (χ4n) is 0.914. The van der Waals surface area contributed by atoms with Gasteiger partial charge in [-0.05, 0) is 17.4 Å². The average molecular weight is 245 g/mol. The molecule has 0 aromatic carbocycles. The van der Waals surface area contributed by atoms with Crippen LogP contribution >= 0.6 is 11.8 Å². The Labute approximate surface area is 95.4 Å². The first-order valence-electron chi connectivity index (χ1n) is 4.51. The topological polar surface area (TPSA) is 110 Å². The highest BCUT2D eigenvalue weighted by Crippen LogP contribution is 2.12. The predicted molar refractivity (Wildman–Crippen MR) is 54.9 cm³/mol. The number of amides is 1. The van der Waals surface area contributed by atoms with Crippen LogP contribution in [0.15, 0.2) is 5.16 Å². The Morgan fingerprint density at radius 2 is 2.31 bits per heavy atom. The summed E-state index contributed by atoms with van der Waals surface area (Å²) in [6, 6.07) is 0. The van der Waals surface area contributed by atoms with Crippen LogP contribution < -0.4 is 5.32 Å². The van der Waals surface area contributed by atoms with Crippen LogP contribution in [0.4, 0.5) is 0 Å². The van der Waals surface area contributed by atoms with E-state index in [1.54, 1.807) is 6.92 Å². The number of carbonyl (C=O) groups excluding carboxylic acids is 1. The first-order chi connectivity index (χ1) is 7.63. The summed E-state index contributed by atoms with van der Waals surface area (Å²) in [4.78, 5) is 21.6. The Hall–Kier alpha value is -1.64. The molecule has 1 heterocycles. The zero-order chi connectivity index (χ0) is 12.0. The van der Waals surface area contributed by atoms with Gasteiger partial charge in [0.2, 0.25) is 11.1 Å². The Balaban J connectivity index is 2.56. The van der Waals surface area contributed by atoms with Crippen LogP contribution in [0.2, 0.25) is 0 Å². The number of likely N-dealkylation sites (N-methyl/N-ethyl adjacent to an activating group) is 1. The molecular weight excluding hydrogens is 234 g/mol. The molecule has 0 bridgehead atoms. The lowest BCUT2D eigenvalue weighted by Gasteiger charge is -2.03. The quantitative estimate of drug-likeness (QED) is 0.617. The molecule has 88 valence electrons. The minimum Gasteiger partial charge on any atom is -0.481 e. The number of carboxylic acid groups (broad SMARTS) is 1. The molecule has 0 fully saturated rings. The zero-order valence-corrected chi connectivity index (χ0v) is 9.40. The smallest absolute Gasteiger partial charge is 0.313 e. The van der Waals surface area contributed by atoms with Crippen molar-refractivity contribution < 1.29 is 14.7 Å². The van der Waals surface area contributed by atoms with Gasteiger partial charge in [0.05, 0.1) is 5.75 Å². The molecule has 2 N–H and O–H groups in total. The van der Waals surface area contributed by atoms with E-state index in [2.05, 4.69) is 20.8 Å². The first-order valence-corrected chi connectivity index (χ1v) is 5.49. The van der Waals surface area contributed by atoms with Gasteiger partial charge in [0.15, 0.2) is 0 Å². The van der Waals surface area contributed by atoms with Gasteiger partial charge in [-0.1, -0.05) is 11.8 Å². The normalized spacial score (nSPS) is 10.1. The molecule has 16 heavy (non-hydrogen) atoms. The number of tetrazole rings is 1. The van der Waals surface area contributed by atoms with Gasteiger partial charge >= 0.3 is 5.97 Å². The molecule has 8 nitrogen and oxygen atoms in total. The van der Waals surface area contributed by atoms with Crippen molar-refractivity contribution in [1.82, 2.24) is 25.5 Å². The zero-order valence-electron chi connectivity index (χ0n) is 8.58. The minimum absolute atomic E-state index is 0.0111. The van der Waals surface area contributed by atoms with Crippen molar-refractivity contribution in [1.29, 1.82) is 0 Å². The molecule has 0 spiro atoms. The van der Waals surface area contributed by atoms with E-state index in [1.807, 2.05) is 0 Å². The molecule has 0 aliphatic heterocycles. The molecule has 1 rings (SSSR count). The molecule has 0 radical (unpaired) electrons. The number of hydrogen-bond donors (Lipinski definition) is 2. The molecule has 0 aliphatic carbocycles. The van der Waals surface area contributed by atoms with Gasteiger partial charge in [0, 0.05) is 6.54 Å². The summed E-state index contributed by atoms with van der Waals surface area (Å²) in [7, 11) is 0. The second-order valence-corrected chi connectivity index (χ2v) is 3.70. The molecule has 1 amide bonds. The third-order valence-electron chi connectivity index (χ3n) is 1.49. The molecular formula is C7H11N5O3S. The van der Waals surface area contributed by atoms with Crippen molar-refractivity contribution in [3.63, 3.8) is 0 Å². The summed E-state index contributed by atoms with van der Waals surface area (Å²) in [5.74, 6) is -1.32. The Bertz CT molecular complexity index is 380. The van der Waals surface area contributed by atoms with Gasteiger partial charge in [0.25, 0.3) is 0 Å². The minimum atomic E-state index is -0.961. The van der Waals surface area contributed by atoms with Crippen LogP contribution in [-0.2, 0) is 16.1 Å². The van der Waals surface area contributed by atoms with E-state index in [-0.39, 0.29) is 18.2 Å². The van der Waals surface area contributed by atoms with E-state index in [9.17, 15) is 9.59 Å². The highest BCUT2D eigenvalue weighted by atomic mass is 32.2. The van der Waals surface area contributed by atoms with Crippen molar-refractivity contribution in [3.8, 4) is 0 Å². The SMILES string of the molecule is CCNC(=O)Cn1nnnc1SCC(=O)O. The number of nitrogens with zero attached hydrogens (tertiary/aromatic N) is 4. The van der Waals surface area contributed by atoms with Gasteiger partial charge in [-0.25, -0.2) is 4.68 Å². The molecule has 0 aliphatic rings. The van der Waals surface area contributed by atoms with Gasteiger partial charge < -0.3 is 10.4 Å². The molecule has 0 saturated heterocycles. The third kappa shape index (κ3) is 3.85. The van der Waals surface area contributed by atoms with E-state index >= 15 is 0 Å². The van der Waals surface area contributed by atoms with E-state index in [0.29, 0.717) is 11.7 Å². The van der Waals surface area contributed by atoms with Gasteiger partial charge in [0.1, 0.15) is 6.54 Å². The highest BCUT2D eigenvalue weighted by Gasteiger charge is 2.11. The van der Waals surface area contributed by atoms with E-state index in [1.165, 1.54) is 4.68 Å². The fraction of sp³-hybridized carbons (Fsp3) is 0.571. The van der Waals surface area contributed by atoms with Gasteiger partial charge in [-0.2, -0.15) is 0 Å². The number of hydrogen-bond acceptors (Lipinski definition) is 6. The van der Waals surface area contributed by atoms with Crippen molar-refractivity contribution in [2.75, 3.05) is 12.3 Å². The number of carbonyl (C=O) groups is 2. The average Bonchev–Trinajstić information content (AvgIpc) is 2.62. The number of aliphatic carboxylic acids is 1. The van der Waals surface area contributed by atoms with Crippen molar-refractivity contribution in [2.45, 2.75) is 18.6 Å². The number of nitrogens with one attached hydrogen (secondary N) is 1. The van der Waals surface area contributed by atoms with Crippen LogP contribution in [0.3, 0.4) is 0 Å². The van der Waals surface area contributed by atoms with E-state index in [0.717, 1.165) is 11.8 Å². The first kappa shape index (κ1) is 12.4. The molecule has 1 aromatic heterocycles. The van der Waals surface area contributed by atoms with Crippen LogP contribution in [0.25, 0.3) is 0 Å². The van der Waals surface area contributed by atoms with Crippen molar-refractivity contribution >= 4 is 23.6 Å². The van der Waals surface area contributed by atoms with Gasteiger partial charge in [-0.3, -0.25) is 9.59 Å². The maximum Gasteiger partial charge on any atom is 0.313 e. The molecule has 1 aromatic rings. The second kappa shape index (κ2) is 6.05. The summed E-state index contributed by atoms with van der Waals surface area (Å²) >= 11 is 0.969. The van der Waals surface area contributed by atoms with Crippen LogP contribution in [0.1, 0.15) is 6.92 Å². The van der Waals surface area contributed by atoms with Crippen LogP contribution in [0, 0.1) is 0 Å². The lowest BCUT2D eigenvalue weighted by molar-refractivity contribution is -0.133. The van der Waals surface area contributed by atoms with Gasteiger partial charge in [-0.15, -0.1) is 5.10 Å². The number of rotatable bonds is 6. The van der Waals surface area contributed by atoms with Crippen LogP contribution in [0.5, 0.6) is 0 Å². The summed E-state index contributed by atoms with van der Waals surface area (Å²) in [5.41, 5.74) is 0. The van der Waals surface area contributed by atoms with E-state index in [4.69, 9.17) is 5.11 Å². The summed E-state index contributed by atoms with van der Waals surface area (Å²) in [6.45, 7) is 2.32. The molecule has 9 heteroatoms. The third-order valence-corrected chi connectivity index (χ3v) is 2.43. The molecule has 0 atom stereocenters. The standard InChI is InChI=1S/C7H11N5O3S/c1-2-8-5(13)3-12-7(9-10-11-12)16-4-6(14)15/h2-4H2,1H3,(H,8,13)(H,14,15). The highest BCUT2D eigenvalue weighted by molar-refractivity contribution is 7.99.